The van der Waals surface area contributed by atoms with Crippen molar-refractivity contribution in [1.29, 1.82) is 0 Å². The highest BCUT2D eigenvalue weighted by molar-refractivity contribution is 5.87. The zero-order chi connectivity index (χ0) is 19.6. The van der Waals surface area contributed by atoms with Crippen LogP contribution in [0.15, 0.2) is 42.5 Å². The van der Waals surface area contributed by atoms with E-state index in [1.807, 2.05) is 18.2 Å². The standard InChI is InChI=1S/C22H31N3O2/c1-4-25(5-2)14-8-13-23-22(27)21(24-17(3)26)16-18-11-12-19-9-6-7-10-20(19)15-18/h6-7,9-12,15,21H,4-5,8,13-14,16H2,1-3H3,(H,23,27)(H,24,26). The lowest BCUT2D eigenvalue weighted by Gasteiger charge is -2.20. The smallest absolute Gasteiger partial charge is 0.242 e. The zero-order valence-corrected chi connectivity index (χ0v) is 16.6. The lowest BCUT2D eigenvalue weighted by molar-refractivity contribution is -0.128. The van der Waals surface area contributed by atoms with Gasteiger partial charge in [-0.3, -0.25) is 9.59 Å². The minimum atomic E-state index is -0.558. The largest absolute Gasteiger partial charge is 0.354 e. The molecule has 1 unspecified atom stereocenters. The average Bonchev–Trinajstić information content (AvgIpc) is 2.67. The first-order valence-electron chi connectivity index (χ1n) is 9.78. The van der Waals surface area contributed by atoms with Crippen LogP contribution in [0.4, 0.5) is 0 Å². The maximum atomic E-state index is 12.6. The SMILES string of the molecule is CCN(CC)CCCNC(=O)C(Cc1ccc2ccccc2c1)NC(C)=O. The van der Waals surface area contributed by atoms with Gasteiger partial charge in [0.1, 0.15) is 6.04 Å². The molecule has 0 bridgehead atoms. The number of hydrogen-bond acceptors (Lipinski definition) is 3. The van der Waals surface area contributed by atoms with Crippen LogP contribution in [0.25, 0.3) is 10.8 Å². The second-order valence-electron chi connectivity index (χ2n) is 6.81. The molecule has 0 radical (unpaired) electrons. The van der Waals surface area contributed by atoms with Gasteiger partial charge in [-0.25, -0.2) is 0 Å². The molecule has 146 valence electrons. The summed E-state index contributed by atoms with van der Waals surface area (Å²) in [7, 11) is 0. The summed E-state index contributed by atoms with van der Waals surface area (Å²) in [5.41, 5.74) is 1.03. The maximum Gasteiger partial charge on any atom is 0.242 e. The predicted octanol–water partition coefficient (Wildman–Crippen LogP) is 2.74. The van der Waals surface area contributed by atoms with Gasteiger partial charge in [-0.2, -0.15) is 0 Å². The summed E-state index contributed by atoms with van der Waals surface area (Å²) in [5.74, 6) is -0.322. The molecule has 0 aromatic heterocycles. The van der Waals surface area contributed by atoms with Crippen molar-refractivity contribution < 1.29 is 9.59 Å². The van der Waals surface area contributed by atoms with Crippen molar-refractivity contribution in [3.05, 3.63) is 48.0 Å². The second kappa shape index (κ2) is 10.7. The van der Waals surface area contributed by atoms with Crippen molar-refractivity contribution in [3.8, 4) is 0 Å². The van der Waals surface area contributed by atoms with Gasteiger partial charge in [-0.05, 0) is 42.4 Å². The normalized spacial score (nSPS) is 12.1. The highest BCUT2D eigenvalue weighted by atomic mass is 16.2. The van der Waals surface area contributed by atoms with E-state index < -0.39 is 6.04 Å². The number of carbonyl (C=O) groups excluding carboxylic acids is 2. The van der Waals surface area contributed by atoms with Gasteiger partial charge in [0.25, 0.3) is 0 Å². The fourth-order valence-electron chi connectivity index (χ4n) is 3.23. The van der Waals surface area contributed by atoms with Gasteiger partial charge in [-0.15, -0.1) is 0 Å². The fourth-order valence-corrected chi connectivity index (χ4v) is 3.23. The van der Waals surface area contributed by atoms with Crippen molar-refractivity contribution in [1.82, 2.24) is 15.5 Å². The van der Waals surface area contributed by atoms with Crippen LogP contribution in [0, 0.1) is 0 Å². The highest BCUT2D eigenvalue weighted by Gasteiger charge is 2.19. The molecule has 0 heterocycles. The molecule has 2 N–H and O–H groups in total. The monoisotopic (exact) mass is 369 g/mol. The topological polar surface area (TPSA) is 61.4 Å². The van der Waals surface area contributed by atoms with Crippen LogP contribution in [0.2, 0.25) is 0 Å². The molecule has 0 spiro atoms. The Morgan fingerprint density at radius 2 is 1.74 bits per heavy atom. The average molecular weight is 370 g/mol. The summed E-state index contributed by atoms with van der Waals surface area (Å²) in [4.78, 5) is 26.5. The molecule has 0 aliphatic carbocycles. The van der Waals surface area contributed by atoms with E-state index in [2.05, 4.69) is 53.6 Å². The van der Waals surface area contributed by atoms with Crippen molar-refractivity contribution >= 4 is 22.6 Å². The van der Waals surface area contributed by atoms with Crippen LogP contribution in [0.5, 0.6) is 0 Å². The number of nitrogens with zero attached hydrogens (tertiary/aromatic N) is 1. The minimum Gasteiger partial charge on any atom is -0.354 e. The molecule has 0 aliphatic rings. The van der Waals surface area contributed by atoms with Gasteiger partial charge < -0.3 is 15.5 Å². The summed E-state index contributed by atoms with van der Waals surface area (Å²) < 4.78 is 0. The summed E-state index contributed by atoms with van der Waals surface area (Å²) in [6, 6.07) is 13.7. The number of amides is 2. The van der Waals surface area contributed by atoms with Gasteiger partial charge in [-0.1, -0.05) is 56.3 Å². The Labute approximate surface area is 162 Å². The molecule has 5 nitrogen and oxygen atoms in total. The predicted molar refractivity (Wildman–Crippen MR) is 111 cm³/mol. The molecule has 27 heavy (non-hydrogen) atoms. The molecule has 2 aromatic rings. The van der Waals surface area contributed by atoms with E-state index in [9.17, 15) is 9.59 Å². The lowest BCUT2D eigenvalue weighted by Crippen LogP contribution is -2.47. The molecule has 0 saturated heterocycles. The first kappa shape index (κ1) is 20.9. The van der Waals surface area contributed by atoms with E-state index in [-0.39, 0.29) is 11.8 Å². The van der Waals surface area contributed by atoms with E-state index in [1.165, 1.54) is 6.92 Å². The van der Waals surface area contributed by atoms with Crippen LogP contribution in [-0.2, 0) is 16.0 Å². The third kappa shape index (κ3) is 6.68. The Kier molecular flexibility index (Phi) is 8.27. The summed E-state index contributed by atoms with van der Waals surface area (Å²) in [5, 5.41) is 8.06. The van der Waals surface area contributed by atoms with Crippen LogP contribution >= 0.6 is 0 Å². The molecule has 0 fully saturated rings. The van der Waals surface area contributed by atoms with Gasteiger partial charge >= 0.3 is 0 Å². The van der Waals surface area contributed by atoms with Crippen LogP contribution in [0.3, 0.4) is 0 Å². The molecule has 0 aliphatic heterocycles. The van der Waals surface area contributed by atoms with E-state index >= 15 is 0 Å². The molecule has 5 heteroatoms. The summed E-state index contributed by atoms with van der Waals surface area (Å²) >= 11 is 0. The first-order chi connectivity index (χ1) is 13.0. The number of carbonyl (C=O) groups is 2. The summed E-state index contributed by atoms with van der Waals surface area (Å²) in [6.07, 6.45) is 1.38. The van der Waals surface area contributed by atoms with Crippen LogP contribution in [-0.4, -0.2) is 48.9 Å². The quantitative estimate of drug-likeness (QED) is 0.633. The Morgan fingerprint density at radius 3 is 2.41 bits per heavy atom. The lowest BCUT2D eigenvalue weighted by atomic mass is 10.0. The molecule has 2 rings (SSSR count). The van der Waals surface area contributed by atoms with Crippen LogP contribution in [0.1, 0.15) is 32.8 Å². The van der Waals surface area contributed by atoms with E-state index in [0.717, 1.165) is 42.4 Å². The molecule has 2 aromatic carbocycles. The highest BCUT2D eigenvalue weighted by Crippen LogP contribution is 2.16. The van der Waals surface area contributed by atoms with Gasteiger partial charge in [0, 0.05) is 19.9 Å². The van der Waals surface area contributed by atoms with Crippen molar-refractivity contribution in [2.75, 3.05) is 26.2 Å². The molecular formula is C22H31N3O2. The maximum absolute atomic E-state index is 12.6. The van der Waals surface area contributed by atoms with Gasteiger partial charge in [0.2, 0.25) is 11.8 Å². The van der Waals surface area contributed by atoms with Crippen molar-refractivity contribution in [2.24, 2.45) is 0 Å². The Hall–Kier alpha value is -2.40. The third-order valence-electron chi connectivity index (χ3n) is 4.79. The minimum absolute atomic E-state index is 0.127. The number of rotatable bonds is 10. The second-order valence-corrected chi connectivity index (χ2v) is 6.81. The van der Waals surface area contributed by atoms with E-state index in [0.29, 0.717) is 13.0 Å². The summed E-state index contributed by atoms with van der Waals surface area (Å²) in [6.45, 7) is 9.33. The molecular weight excluding hydrogens is 338 g/mol. The zero-order valence-electron chi connectivity index (χ0n) is 16.6. The van der Waals surface area contributed by atoms with E-state index in [4.69, 9.17) is 0 Å². The number of hydrogen-bond donors (Lipinski definition) is 2. The Bertz CT molecular complexity index is 756. The van der Waals surface area contributed by atoms with Crippen molar-refractivity contribution in [3.63, 3.8) is 0 Å². The third-order valence-corrected chi connectivity index (χ3v) is 4.79. The Balaban J connectivity index is 1.96. The fraction of sp³-hybridized carbons (Fsp3) is 0.455. The van der Waals surface area contributed by atoms with E-state index in [1.54, 1.807) is 0 Å². The van der Waals surface area contributed by atoms with Gasteiger partial charge in [0.15, 0.2) is 0 Å². The van der Waals surface area contributed by atoms with Crippen molar-refractivity contribution in [2.45, 2.75) is 39.7 Å². The van der Waals surface area contributed by atoms with Gasteiger partial charge in [0.05, 0.1) is 0 Å². The Morgan fingerprint density at radius 1 is 1.04 bits per heavy atom. The number of fused-ring (bicyclic) bond motifs is 1. The first-order valence-corrected chi connectivity index (χ1v) is 9.78. The number of benzene rings is 2. The molecule has 1 atom stereocenters. The molecule has 2 amide bonds. The number of nitrogens with one attached hydrogen (secondary N) is 2. The van der Waals surface area contributed by atoms with Crippen LogP contribution < -0.4 is 10.6 Å². The molecule has 0 saturated carbocycles.